The molecular weight excluding hydrogens is 416 g/mol. The molecule has 0 saturated heterocycles. The van der Waals surface area contributed by atoms with E-state index >= 15 is 0 Å². The van der Waals surface area contributed by atoms with E-state index in [1.54, 1.807) is 12.4 Å². The molecule has 2 heterocycles. The van der Waals surface area contributed by atoms with E-state index in [2.05, 4.69) is 68.6 Å². The second-order valence-electron chi connectivity index (χ2n) is 9.74. The monoisotopic (exact) mass is 450 g/mol. The van der Waals surface area contributed by atoms with E-state index in [9.17, 15) is 4.79 Å². The van der Waals surface area contributed by atoms with Crippen LogP contribution >= 0.6 is 11.8 Å². The molecule has 170 valence electrons. The largest absolute Gasteiger partial charge is 0.466 e. The molecule has 2 aromatic rings. The summed E-state index contributed by atoms with van der Waals surface area (Å²) in [5, 5.41) is 0. The molecule has 1 aliphatic heterocycles. The van der Waals surface area contributed by atoms with Crippen molar-refractivity contribution in [2.45, 2.75) is 88.7 Å². The number of fused-ring (bicyclic) bond motifs is 1. The molecule has 0 spiro atoms. The number of rotatable bonds is 6. The van der Waals surface area contributed by atoms with Crippen molar-refractivity contribution in [3.63, 3.8) is 0 Å². The molecule has 3 rings (SSSR count). The number of hydrogen-bond donors (Lipinski definition) is 0. The van der Waals surface area contributed by atoms with Crippen LogP contribution in [-0.4, -0.2) is 27.3 Å². The molecule has 0 N–H and O–H groups in total. The number of carbonyl (C=O) groups is 1. The van der Waals surface area contributed by atoms with E-state index in [-0.39, 0.29) is 16.1 Å². The van der Waals surface area contributed by atoms with E-state index in [1.807, 2.05) is 18.7 Å². The molecule has 1 aromatic heterocycles. The maximum atomic E-state index is 11.4. The van der Waals surface area contributed by atoms with Gasteiger partial charge in [0.1, 0.15) is 5.69 Å². The lowest BCUT2D eigenvalue weighted by molar-refractivity contribution is -0.143. The van der Waals surface area contributed by atoms with Crippen LogP contribution in [-0.2, 0) is 21.4 Å². The smallest absolute Gasteiger partial charge is 0.305 e. The molecule has 4 nitrogen and oxygen atoms in total. The first-order chi connectivity index (χ1) is 15.1. The maximum Gasteiger partial charge on any atom is 0.305 e. The number of hydrogen-bond acceptors (Lipinski definition) is 5. The fourth-order valence-corrected chi connectivity index (χ4v) is 6.12. The predicted octanol–water partition coefficient (Wildman–Crippen LogP) is 6.01. The van der Waals surface area contributed by atoms with Gasteiger partial charge in [0, 0.05) is 27.8 Å². The third-order valence-electron chi connectivity index (χ3n) is 5.71. The maximum absolute atomic E-state index is 11.4. The SMILES string of the molecule is CCOC(=O)CCCCc1cnc(C#Cc2cc3c(cc2C)SC(C)(C)CC3(C)C)cn1. The zero-order chi connectivity index (χ0) is 23.4. The van der Waals surface area contributed by atoms with Crippen LogP contribution in [0.3, 0.4) is 0 Å². The summed E-state index contributed by atoms with van der Waals surface area (Å²) < 4.78 is 5.19. The second kappa shape index (κ2) is 10.1. The third kappa shape index (κ3) is 6.36. The number of ether oxygens (including phenoxy) is 1. The average molecular weight is 451 g/mol. The van der Waals surface area contributed by atoms with Crippen molar-refractivity contribution in [2.75, 3.05) is 6.61 Å². The van der Waals surface area contributed by atoms with Gasteiger partial charge >= 0.3 is 5.97 Å². The number of benzene rings is 1. The summed E-state index contributed by atoms with van der Waals surface area (Å²) >= 11 is 1.97. The Morgan fingerprint density at radius 3 is 2.59 bits per heavy atom. The number of carbonyl (C=O) groups excluding carboxylic acids is 1. The molecule has 0 amide bonds. The van der Waals surface area contributed by atoms with Crippen molar-refractivity contribution < 1.29 is 9.53 Å². The molecule has 0 radical (unpaired) electrons. The topological polar surface area (TPSA) is 52.1 Å². The first-order valence-electron chi connectivity index (χ1n) is 11.4. The summed E-state index contributed by atoms with van der Waals surface area (Å²) in [6.45, 7) is 13.7. The lowest BCUT2D eigenvalue weighted by atomic mass is 9.76. The first-order valence-corrected chi connectivity index (χ1v) is 12.2. The van der Waals surface area contributed by atoms with Gasteiger partial charge in [-0.1, -0.05) is 33.6 Å². The van der Waals surface area contributed by atoms with Crippen molar-refractivity contribution in [2.24, 2.45) is 0 Å². The van der Waals surface area contributed by atoms with Crippen molar-refractivity contribution in [3.8, 4) is 11.8 Å². The average Bonchev–Trinajstić information content (AvgIpc) is 2.69. The molecule has 0 aliphatic carbocycles. The minimum absolute atomic E-state index is 0.128. The highest BCUT2D eigenvalue weighted by Gasteiger charge is 2.38. The molecule has 0 unspecified atom stereocenters. The summed E-state index contributed by atoms with van der Waals surface area (Å²) in [5.74, 6) is 6.37. The molecule has 0 saturated carbocycles. The molecule has 0 bridgehead atoms. The Balaban J connectivity index is 1.66. The number of thioether (sulfide) groups is 1. The van der Waals surface area contributed by atoms with Crippen molar-refractivity contribution >= 4 is 17.7 Å². The zero-order valence-corrected chi connectivity index (χ0v) is 21.0. The van der Waals surface area contributed by atoms with Crippen LogP contribution < -0.4 is 0 Å². The van der Waals surface area contributed by atoms with Gasteiger partial charge in [-0.3, -0.25) is 9.78 Å². The molecule has 1 aromatic carbocycles. The molecule has 0 fully saturated rings. The number of esters is 1. The quantitative estimate of drug-likeness (QED) is 0.306. The van der Waals surface area contributed by atoms with Crippen LogP contribution in [0.2, 0.25) is 0 Å². The highest BCUT2D eigenvalue weighted by Crippen LogP contribution is 2.51. The van der Waals surface area contributed by atoms with E-state index in [0.717, 1.165) is 36.9 Å². The summed E-state index contributed by atoms with van der Waals surface area (Å²) in [7, 11) is 0. The van der Waals surface area contributed by atoms with E-state index in [1.165, 1.54) is 16.0 Å². The van der Waals surface area contributed by atoms with Crippen LogP contribution in [0.25, 0.3) is 0 Å². The Hall–Kier alpha value is -2.32. The Morgan fingerprint density at radius 1 is 1.12 bits per heavy atom. The minimum Gasteiger partial charge on any atom is -0.466 e. The van der Waals surface area contributed by atoms with Crippen LogP contribution in [0.4, 0.5) is 0 Å². The van der Waals surface area contributed by atoms with E-state index < -0.39 is 0 Å². The normalized spacial score (nSPS) is 15.9. The van der Waals surface area contributed by atoms with Crippen LogP contribution in [0.1, 0.15) is 88.4 Å². The standard InChI is InChI=1S/C27H34N2O2S/c1-7-31-25(30)11-9-8-10-21-16-29-22(17-28-21)13-12-20-15-23-24(14-19(20)2)32-27(5,6)18-26(23,3)4/h14-17H,7-11,18H2,1-6H3. The van der Waals surface area contributed by atoms with Gasteiger partial charge in [-0.2, -0.15) is 0 Å². The fraction of sp³-hybridized carbons (Fsp3) is 0.519. The highest BCUT2D eigenvalue weighted by atomic mass is 32.2. The summed E-state index contributed by atoms with van der Waals surface area (Å²) in [5.41, 5.74) is 5.37. The summed E-state index contributed by atoms with van der Waals surface area (Å²) in [6.07, 6.45) is 7.60. The van der Waals surface area contributed by atoms with Gasteiger partial charge in [-0.05, 0) is 74.1 Å². The number of aromatic nitrogens is 2. The number of unbranched alkanes of at least 4 members (excludes halogenated alkanes) is 1. The molecule has 0 atom stereocenters. The van der Waals surface area contributed by atoms with E-state index in [4.69, 9.17) is 4.74 Å². The van der Waals surface area contributed by atoms with Gasteiger partial charge in [0.05, 0.1) is 18.5 Å². The lowest BCUT2D eigenvalue weighted by Crippen LogP contribution is -2.33. The van der Waals surface area contributed by atoms with Crippen molar-refractivity contribution in [1.82, 2.24) is 9.97 Å². The van der Waals surface area contributed by atoms with Crippen LogP contribution in [0, 0.1) is 18.8 Å². The Kier molecular flexibility index (Phi) is 7.67. The van der Waals surface area contributed by atoms with Gasteiger partial charge < -0.3 is 4.74 Å². The predicted molar refractivity (Wildman–Crippen MR) is 131 cm³/mol. The fourth-order valence-electron chi connectivity index (χ4n) is 4.41. The van der Waals surface area contributed by atoms with Gasteiger partial charge in [0.15, 0.2) is 0 Å². The second-order valence-corrected chi connectivity index (χ2v) is 11.5. The van der Waals surface area contributed by atoms with Gasteiger partial charge in [-0.15, -0.1) is 11.8 Å². The number of aryl methyl sites for hydroxylation is 2. The van der Waals surface area contributed by atoms with Crippen LogP contribution in [0.15, 0.2) is 29.4 Å². The minimum atomic E-state index is -0.132. The Morgan fingerprint density at radius 2 is 1.91 bits per heavy atom. The third-order valence-corrected chi connectivity index (χ3v) is 6.96. The van der Waals surface area contributed by atoms with Gasteiger partial charge in [0.2, 0.25) is 0 Å². The summed E-state index contributed by atoms with van der Waals surface area (Å²) in [6, 6.07) is 4.56. The van der Waals surface area contributed by atoms with Crippen LogP contribution in [0.5, 0.6) is 0 Å². The van der Waals surface area contributed by atoms with Gasteiger partial charge in [-0.25, -0.2) is 4.98 Å². The Bertz CT molecular complexity index is 1030. The van der Waals surface area contributed by atoms with Crippen molar-refractivity contribution in [3.05, 3.63) is 52.6 Å². The molecule has 5 heteroatoms. The lowest BCUT2D eigenvalue weighted by Gasteiger charge is -2.42. The van der Waals surface area contributed by atoms with E-state index in [0.29, 0.717) is 18.7 Å². The molecular formula is C27H34N2O2S. The Labute approximate surface area is 197 Å². The molecule has 32 heavy (non-hydrogen) atoms. The summed E-state index contributed by atoms with van der Waals surface area (Å²) in [4.78, 5) is 21.7. The number of nitrogens with zero attached hydrogens (tertiary/aromatic N) is 2. The van der Waals surface area contributed by atoms with Crippen molar-refractivity contribution in [1.29, 1.82) is 0 Å². The van der Waals surface area contributed by atoms with Gasteiger partial charge in [0.25, 0.3) is 0 Å². The zero-order valence-electron chi connectivity index (χ0n) is 20.2. The highest BCUT2D eigenvalue weighted by molar-refractivity contribution is 8.00. The first kappa shape index (κ1) is 24.3. The molecule has 1 aliphatic rings.